The summed E-state index contributed by atoms with van der Waals surface area (Å²) >= 11 is 0. The van der Waals surface area contributed by atoms with Gasteiger partial charge in [-0.1, -0.05) is 18.2 Å². The lowest BCUT2D eigenvalue weighted by Crippen LogP contribution is -2.35. The van der Waals surface area contributed by atoms with Crippen molar-refractivity contribution in [2.24, 2.45) is 0 Å². The first kappa shape index (κ1) is 14.7. The molecule has 0 radical (unpaired) electrons. The number of hydrogen-bond donors (Lipinski definition) is 1. The van der Waals surface area contributed by atoms with Gasteiger partial charge in [-0.3, -0.25) is 4.79 Å². The van der Waals surface area contributed by atoms with Gasteiger partial charge >= 0.3 is 0 Å². The van der Waals surface area contributed by atoms with Crippen molar-refractivity contribution < 1.29 is 9.53 Å². The molecule has 0 fully saturated rings. The van der Waals surface area contributed by atoms with Crippen LogP contribution in [0, 0.1) is 6.92 Å². The van der Waals surface area contributed by atoms with Crippen LogP contribution in [-0.4, -0.2) is 28.9 Å². The summed E-state index contributed by atoms with van der Waals surface area (Å²) in [7, 11) is 0. The van der Waals surface area contributed by atoms with Gasteiger partial charge in [0.1, 0.15) is 5.75 Å². The number of amides is 1. The van der Waals surface area contributed by atoms with Crippen molar-refractivity contribution in [3.05, 3.63) is 53.3 Å². The van der Waals surface area contributed by atoms with Crippen LogP contribution in [0.4, 0.5) is 0 Å². The van der Waals surface area contributed by atoms with Crippen LogP contribution in [0.25, 0.3) is 0 Å². The first-order valence-corrected chi connectivity index (χ1v) is 7.85. The molecule has 0 aliphatic carbocycles. The van der Waals surface area contributed by atoms with Gasteiger partial charge in [-0.05, 0) is 36.6 Å². The number of H-pyrrole nitrogens is 1. The van der Waals surface area contributed by atoms with Crippen LogP contribution in [0.5, 0.6) is 5.75 Å². The molecule has 116 valence electrons. The van der Waals surface area contributed by atoms with Gasteiger partial charge in [-0.15, -0.1) is 0 Å². The summed E-state index contributed by atoms with van der Waals surface area (Å²) in [6.07, 6.45) is 4.18. The molecule has 22 heavy (non-hydrogen) atoms. The molecule has 1 N–H and O–H groups in total. The van der Waals surface area contributed by atoms with E-state index in [0.717, 1.165) is 37.2 Å². The molecule has 1 aliphatic heterocycles. The number of ether oxygens (including phenoxy) is 1. The van der Waals surface area contributed by atoms with Gasteiger partial charge in [0.15, 0.2) is 0 Å². The topological polar surface area (TPSA) is 45.3 Å². The summed E-state index contributed by atoms with van der Waals surface area (Å²) in [5.41, 5.74) is 3.65. The largest absolute Gasteiger partial charge is 0.493 e. The molecule has 1 aromatic carbocycles. The van der Waals surface area contributed by atoms with Gasteiger partial charge in [0.05, 0.1) is 6.61 Å². The maximum atomic E-state index is 12.3. The maximum Gasteiger partial charge on any atom is 0.223 e. The van der Waals surface area contributed by atoms with Crippen LogP contribution in [0.2, 0.25) is 0 Å². The fourth-order valence-electron chi connectivity index (χ4n) is 2.84. The van der Waals surface area contributed by atoms with E-state index in [1.165, 1.54) is 11.3 Å². The molecule has 0 unspecified atom stereocenters. The number of para-hydroxylation sites is 1. The first-order chi connectivity index (χ1) is 10.7. The fraction of sp³-hybridized carbons (Fsp3) is 0.389. The van der Waals surface area contributed by atoms with E-state index in [0.29, 0.717) is 13.0 Å². The van der Waals surface area contributed by atoms with Gasteiger partial charge in [-0.25, -0.2) is 0 Å². The van der Waals surface area contributed by atoms with Gasteiger partial charge in [0.2, 0.25) is 5.91 Å². The lowest BCUT2D eigenvalue weighted by atomic mass is 10.1. The van der Waals surface area contributed by atoms with E-state index in [1.54, 1.807) is 0 Å². The summed E-state index contributed by atoms with van der Waals surface area (Å²) in [5, 5.41) is 0. The number of aromatic nitrogens is 1. The highest BCUT2D eigenvalue weighted by Gasteiger charge is 2.20. The average molecular weight is 298 g/mol. The van der Waals surface area contributed by atoms with E-state index in [-0.39, 0.29) is 5.91 Å². The smallest absolute Gasteiger partial charge is 0.223 e. The fourth-order valence-corrected chi connectivity index (χ4v) is 2.84. The second-order valence-corrected chi connectivity index (χ2v) is 5.76. The van der Waals surface area contributed by atoms with Crippen LogP contribution in [-0.2, 0) is 17.8 Å². The van der Waals surface area contributed by atoms with Crippen molar-refractivity contribution >= 4 is 5.91 Å². The number of hydrogen-bond acceptors (Lipinski definition) is 2. The van der Waals surface area contributed by atoms with Crippen LogP contribution >= 0.6 is 0 Å². The maximum absolute atomic E-state index is 12.3. The Morgan fingerprint density at radius 3 is 3.05 bits per heavy atom. The van der Waals surface area contributed by atoms with Crippen molar-refractivity contribution in [2.75, 3.05) is 13.2 Å². The number of aromatic amines is 1. The Bertz CT molecular complexity index is 648. The van der Waals surface area contributed by atoms with E-state index in [1.807, 2.05) is 42.3 Å². The Labute approximate surface area is 131 Å². The van der Waals surface area contributed by atoms with Crippen molar-refractivity contribution in [3.8, 4) is 5.75 Å². The summed E-state index contributed by atoms with van der Waals surface area (Å²) in [5.74, 6) is 1.13. The van der Waals surface area contributed by atoms with E-state index in [4.69, 9.17) is 4.74 Å². The Kier molecular flexibility index (Phi) is 4.47. The lowest BCUT2D eigenvalue weighted by Gasteiger charge is -2.27. The molecule has 0 spiro atoms. The second-order valence-electron chi connectivity index (χ2n) is 5.76. The number of benzene rings is 1. The number of fused-ring (bicyclic) bond motifs is 1. The Morgan fingerprint density at radius 2 is 2.18 bits per heavy atom. The lowest BCUT2D eigenvalue weighted by molar-refractivity contribution is -0.132. The molecule has 1 amide bonds. The number of nitrogens with zero attached hydrogens (tertiary/aromatic N) is 1. The van der Waals surface area contributed by atoms with Crippen LogP contribution in [0.1, 0.15) is 29.7 Å². The normalized spacial score (nSPS) is 13.8. The summed E-state index contributed by atoms with van der Waals surface area (Å²) in [6.45, 7) is 4.16. The SMILES string of the molecule is Cc1ccccc1OCCCC(=O)N1CCc2[nH]ccc2C1. The molecule has 1 aliphatic rings. The zero-order chi connectivity index (χ0) is 15.4. The minimum Gasteiger partial charge on any atom is -0.493 e. The standard InChI is InChI=1S/C18H22N2O2/c1-14-5-2-3-6-17(14)22-12-4-7-18(21)20-11-9-16-15(13-20)8-10-19-16/h2-3,5-6,8,10,19H,4,7,9,11-13H2,1H3. The van der Waals surface area contributed by atoms with Crippen LogP contribution in [0.15, 0.2) is 36.5 Å². The third-order valence-corrected chi connectivity index (χ3v) is 4.16. The molecular weight excluding hydrogens is 276 g/mol. The molecule has 1 aromatic heterocycles. The number of rotatable bonds is 5. The predicted octanol–water partition coefficient (Wildman–Crippen LogP) is 3.07. The summed E-state index contributed by atoms with van der Waals surface area (Å²) in [4.78, 5) is 17.5. The number of aryl methyl sites for hydroxylation is 1. The molecule has 4 heteroatoms. The van der Waals surface area contributed by atoms with E-state index < -0.39 is 0 Å². The Balaban J connectivity index is 1.43. The predicted molar refractivity (Wildman–Crippen MR) is 85.8 cm³/mol. The van der Waals surface area contributed by atoms with Crippen molar-refractivity contribution in [3.63, 3.8) is 0 Å². The number of carbonyl (C=O) groups excluding carboxylic acids is 1. The molecule has 4 nitrogen and oxygen atoms in total. The quantitative estimate of drug-likeness (QED) is 0.862. The van der Waals surface area contributed by atoms with E-state index >= 15 is 0 Å². The highest BCUT2D eigenvalue weighted by molar-refractivity contribution is 5.76. The van der Waals surface area contributed by atoms with Gasteiger partial charge in [-0.2, -0.15) is 0 Å². The molecule has 0 bridgehead atoms. The zero-order valence-electron chi connectivity index (χ0n) is 13.0. The Hall–Kier alpha value is -2.23. The van der Waals surface area contributed by atoms with Gasteiger partial charge in [0.25, 0.3) is 0 Å². The minimum absolute atomic E-state index is 0.222. The highest BCUT2D eigenvalue weighted by atomic mass is 16.5. The molecule has 0 atom stereocenters. The third-order valence-electron chi connectivity index (χ3n) is 4.16. The van der Waals surface area contributed by atoms with E-state index in [2.05, 4.69) is 11.1 Å². The molecule has 3 rings (SSSR count). The minimum atomic E-state index is 0.222. The van der Waals surface area contributed by atoms with Gasteiger partial charge in [0, 0.05) is 37.8 Å². The molecule has 2 heterocycles. The number of carbonyl (C=O) groups is 1. The third kappa shape index (κ3) is 3.32. The van der Waals surface area contributed by atoms with Crippen molar-refractivity contribution in [1.29, 1.82) is 0 Å². The summed E-state index contributed by atoms with van der Waals surface area (Å²) < 4.78 is 5.74. The van der Waals surface area contributed by atoms with Gasteiger partial charge < -0.3 is 14.6 Å². The zero-order valence-corrected chi connectivity index (χ0v) is 13.0. The molecular formula is C18H22N2O2. The summed E-state index contributed by atoms with van der Waals surface area (Å²) in [6, 6.07) is 10.0. The molecule has 0 saturated heterocycles. The Morgan fingerprint density at radius 1 is 1.32 bits per heavy atom. The van der Waals surface area contributed by atoms with Crippen LogP contribution < -0.4 is 4.74 Å². The van der Waals surface area contributed by atoms with E-state index in [9.17, 15) is 4.79 Å². The first-order valence-electron chi connectivity index (χ1n) is 7.85. The van der Waals surface area contributed by atoms with Crippen LogP contribution in [0.3, 0.4) is 0 Å². The molecule has 2 aromatic rings. The van der Waals surface area contributed by atoms with Crippen molar-refractivity contribution in [2.45, 2.75) is 32.7 Å². The van der Waals surface area contributed by atoms with Crippen molar-refractivity contribution in [1.82, 2.24) is 9.88 Å². The average Bonchev–Trinajstić information content (AvgIpc) is 3.00. The second kappa shape index (κ2) is 6.69. The molecule has 0 saturated carbocycles. The monoisotopic (exact) mass is 298 g/mol. The number of nitrogens with one attached hydrogen (secondary N) is 1. The highest BCUT2D eigenvalue weighted by Crippen LogP contribution is 2.19.